The number of pyridine rings is 1. The third-order valence-corrected chi connectivity index (χ3v) is 3.20. The van der Waals surface area contributed by atoms with E-state index in [1.807, 2.05) is 0 Å². The summed E-state index contributed by atoms with van der Waals surface area (Å²) in [5.74, 6) is -0.538. The highest BCUT2D eigenvalue weighted by Crippen LogP contribution is 2.19. The molecular formula is C13H11ClN4O2S. The Labute approximate surface area is 131 Å². The van der Waals surface area contributed by atoms with Crippen molar-refractivity contribution in [1.29, 1.82) is 0 Å². The number of primary amides is 1. The van der Waals surface area contributed by atoms with Crippen molar-refractivity contribution in [3.8, 4) is 0 Å². The zero-order chi connectivity index (χ0) is 15.4. The third kappa shape index (κ3) is 3.87. The van der Waals surface area contributed by atoms with Crippen LogP contribution >= 0.6 is 24.4 Å². The maximum atomic E-state index is 12.0. The third-order valence-electron chi connectivity index (χ3n) is 2.57. The summed E-state index contributed by atoms with van der Waals surface area (Å²) >= 11 is 9.77. The second-order valence-electron chi connectivity index (χ2n) is 4.02. The van der Waals surface area contributed by atoms with Crippen LogP contribution in [0.1, 0.15) is 10.4 Å². The lowest BCUT2D eigenvalue weighted by molar-refractivity contribution is 0.100. The highest BCUT2D eigenvalue weighted by Gasteiger charge is 2.13. The lowest BCUT2D eigenvalue weighted by Gasteiger charge is -2.16. The maximum Gasteiger partial charge on any atom is 0.336 e. The first-order valence-corrected chi connectivity index (χ1v) is 6.56. The predicted octanol–water partition coefficient (Wildman–Crippen LogP) is 2.72. The number of carbonyl (C=O) groups excluding carboxylic acids is 2. The number of thiol groups is 1. The molecule has 0 aliphatic rings. The normalized spacial score (nSPS) is 10.0. The van der Waals surface area contributed by atoms with E-state index in [9.17, 15) is 9.59 Å². The molecule has 0 aliphatic heterocycles. The van der Waals surface area contributed by atoms with Crippen molar-refractivity contribution in [2.24, 2.45) is 5.73 Å². The average molecular weight is 323 g/mol. The molecule has 0 radical (unpaired) electrons. The molecule has 3 amide bonds. The van der Waals surface area contributed by atoms with Gasteiger partial charge >= 0.3 is 6.03 Å². The van der Waals surface area contributed by atoms with Gasteiger partial charge in [0.05, 0.1) is 17.6 Å². The zero-order valence-electron chi connectivity index (χ0n) is 10.7. The SMILES string of the molecule is NC(=O)c1ccc(N(S)C(=O)Nc2ccc(Cl)nc2)cc1. The molecule has 3 N–H and O–H groups in total. The number of rotatable bonds is 3. The molecule has 1 aromatic carbocycles. The number of aromatic nitrogens is 1. The molecule has 0 fully saturated rings. The van der Waals surface area contributed by atoms with Crippen LogP contribution in [0.25, 0.3) is 0 Å². The molecule has 0 unspecified atom stereocenters. The van der Waals surface area contributed by atoms with Crippen molar-refractivity contribution < 1.29 is 9.59 Å². The van der Waals surface area contributed by atoms with Crippen LogP contribution in [-0.2, 0) is 0 Å². The average Bonchev–Trinajstić information content (AvgIpc) is 2.49. The minimum absolute atomic E-state index is 0.331. The fourth-order valence-electron chi connectivity index (χ4n) is 1.51. The highest BCUT2D eigenvalue weighted by molar-refractivity contribution is 7.82. The van der Waals surface area contributed by atoms with Crippen LogP contribution in [0.15, 0.2) is 42.6 Å². The Hall–Kier alpha value is -2.25. The monoisotopic (exact) mass is 322 g/mol. The molecule has 1 aromatic heterocycles. The van der Waals surface area contributed by atoms with Gasteiger partial charge in [0.1, 0.15) is 5.15 Å². The van der Waals surface area contributed by atoms with Gasteiger partial charge in [-0.3, -0.25) is 4.79 Å². The van der Waals surface area contributed by atoms with E-state index in [-0.39, 0.29) is 0 Å². The fourth-order valence-corrected chi connectivity index (χ4v) is 1.81. The van der Waals surface area contributed by atoms with Gasteiger partial charge < -0.3 is 11.1 Å². The molecular weight excluding hydrogens is 312 g/mol. The van der Waals surface area contributed by atoms with Gasteiger partial charge in [-0.1, -0.05) is 24.4 Å². The largest absolute Gasteiger partial charge is 0.366 e. The number of nitrogens with zero attached hydrogens (tertiary/aromatic N) is 2. The molecule has 108 valence electrons. The van der Waals surface area contributed by atoms with Crippen LogP contribution in [0.4, 0.5) is 16.2 Å². The zero-order valence-corrected chi connectivity index (χ0v) is 12.3. The topological polar surface area (TPSA) is 88.3 Å². The molecule has 0 atom stereocenters. The van der Waals surface area contributed by atoms with E-state index in [0.29, 0.717) is 22.1 Å². The number of nitrogens with one attached hydrogen (secondary N) is 1. The molecule has 1 heterocycles. The Kier molecular flexibility index (Phi) is 4.66. The summed E-state index contributed by atoms with van der Waals surface area (Å²) in [5, 5.41) is 2.93. The van der Waals surface area contributed by atoms with Crippen molar-refractivity contribution in [2.45, 2.75) is 0 Å². The second kappa shape index (κ2) is 6.47. The standard InChI is InChI=1S/C13H11ClN4O2S/c14-11-6-3-9(7-16-11)17-13(20)18(21)10-4-1-8(2-5-10)12(15)19/h1-7,21H,(H2,15,19)(H,17,20). The number of halogens is 1. The Bertz CT molecular complexity index is 661. The fraction of sp³-hybridized carbons (Fsp3) is 0. The van der Waals surface area contributed by atoms with Gasteiger partial charge in [-0.25, -0.2) is 14.1 Å². The van der Waals surface area contributed by atoms with E-state index in [1.54, 1.807) is 24.3 Å². The van der Waals surface area contributed by atoms with Gasteiger partial charge in [-0.15, -0.1) is 0 Å². The van der Waals surface area contributed by atoms with Gasteiger partial charge in [0.25, 0.3) is 0 Å². The van der Waals surface area contributed by atoms with Gasteiger partial charge in [0.15, 0.2) is 0 Å². The minimum Gasteiger partial charge on any atom is -0.366 e. The van der Waals surface area contributed by atoms with Gasteiger partial charge in [0, 0.05) is 5.56 Å². The molecule has 2 rings (SSSR count). The van der Waals surface area contributed by atoms with Crippen molar-refractivity contribution in [3.05, 3.63) is 53.3 Å². The van der Waals surface area contributed by atoms with Crippen LogP contribution in [0.2, 0.25) is 5.15 Å². The lowest BCUT2D eigenvalue weighted by atomic mass is 10.2. The first-order chi connectivity index (χ1) is 9.97. The Morgan fingerprint density at radius 3 is 2.38 bits per heavy atom. The van der Waals surface area contributed by atoms with Gasteiger partial charge in [0.2, 0.25) is 5.91 Å². The van der Waals surface area contributed by atoms with Crippen LogP contribution in [0.3, 0.4) is 0 Å². The summed E-state index contributed by atoms with van der Waals surface area (Å²) in [6.45, 7) is 0. The number of urea groups is 1. The molecule has 6 nitrogen and oxygen atoms in total. The minimum atomic E-state index is -0.538. The molecule has 0 spiro atoms. The van der Waals surface area contributed by atoms with Crippen molar-refractivity contribution >= 4 is 47.7 Å². The number of hydrogen-bond donors (Lipinski definition) is 3. The molecule has 0 saturated heterocycles. The summed E-state index contributed by atoms with van der Waals surface area (Å²) in [4.78, 5) is 26.8. The number of carbonyl (C=O) groups is 2. The van der Waals surface area contributed by atoms with E-state index in [4.69, 9.17) is 17.3 Å². The van der Waals surface area contributed by atoms with E-state index in [2.05, 4.69) is 23.1 Å². The van der Waals surface area contributed by atoms with Crippen LogP contribution in [-0.4, -0.2) is 16.9 Å². The van der Waals surface area contributed by atoms with Gasteiger partial charge in [-0.2, -0.15) is 0 Å². The Balaban J connectivity index is 2.08. The quantitative estimate of drug-likeness (QED) is 0.599. The van der Waals surface area contributed by atoms with Crippen molar-refractivity contribution in [1.82, 2.24) is 4.98 Å². The number of hydrogen-bond acceptors (Lipinski definition) is 4. The Morgan fingerprint density at radius 1 is 1.19 bits per heavy atom. The molecule has 2 aromatic rings. The van der Waals surface area contributed by atoms with E-state index in [0.717, 1.165) is 4.31 Å². The smallest absolute Gasteiger partial charge is 0.336 e. The van der Waals surface area contributed by atoms with E-state index >= 15 is 0 Å². The first kappa shape index (κ1) is 15.1. The maximum absolute atomic E-state index is 12.0. The highest BCUT2D eigenvalue weighted by atomic mass is 35.5. The number of amides is 3. The molecule has 21 heavy (non-hydrogen) atoms. The van der Waals surface area contributed by atoms with Crippen LogP contribution in [0.5, 0.6) is 0 Å². The number of anilines is 2. The van der Waals surface area contributed by atoms with E-state index < -0.39 is 11.9 Å². The first-order valence-electron chi connectivity index (χ1n) is 5.79. The van der Waals surface area contributed by atoms with Gasteiger partial charge in [-0.05, 0) is 36.4 Å². The molecule has 0 aliphatic carbocycles. The number of nitrogens with two attached hydrogens (primary N) is 1. The summed E-state index contributed by atoms with van der Waals surface area (Å²) in [6.07, 6.45) is 1.43. The molecule has 0 bridgehead atoms. The van der Waals surface area contributed by atoms with E-state index in [1.165, 1.54) is 18.3 Å². The molecule has 0 saturated carbocycles. The summed E-state index contributed by atoms with van der Waals surface area (Å²) in [5.41, 5.74) is 6.47. The van der Waals surface area contributed by atoms with Crippen LogP contribution < -0.4 is 15.4 Å². The summed E-state index contributed by atoms with van der Waals surface area (Å²) in [7, 11) is 0. The lowest BCUT2D eigenvalue weighted by Crippen LogP contribution is -2.26. The second-order valence-corrected chi connectivity index (χ2v) is 4.81. The Morgan fingerprint density at radius 2 is 1.86 bits per heavy atom. The van der Waals surface area contributed by atoms with Crippen LogP contribution in [0, 0.1) is 0 Å². The predicted molar refractivity (Wildman–Crippen MR) is 84.7 cm³/mol. The van der Waals surface area contributed by atoms with Crippen molar-refractivity contribution in [3.63, 3.8) is 0 Å². The number of benzene rings is 1. The summed E-state index contributed by atoms with van der Waals surface area (Å²) < 4.78 is 1.10. The van der Waals surface area contributed by atoms with Crippen molar-refractivity contribution in [2.75, 3.05) is 9.62 Å². The summed E-state index contributed by atoms with van der Waals surface area (Å²) in [6, 6.07) is 8.84. The molecule has 8 heteroatoms.